The van der Waals surface area contributed by atoms with E-state index in [2.05, 4.69) is 0 Å². The van der Waals surface area contributed by atoms with Crippen LogP contribution < -0.4 is 4.74 Å². The zero-order valence-corrected chi connectivity index (χ0v) is 14.3. The smallest absolute Gasteiger partial charge is 0.269 e. The fourth-order valence-electron chi connectivity index (χ4n) is 2.29. The molecule has 8 heteroatoms. The molecule has 0 fully saturated rings. The molecule has 0 aliphatic rings. The predicted octanol–water partition coefficient (Wildman–Crippen LogP) is 3.26. The van der Waals surface area contributed by atoms with E-state index >= 15 is 0 Å². The molecule has 0 heterocycles. The highest BCUT2D eigenvalue weighted by atomic mass is 35.5. The van der Waals surface area contributed by atoms with Crippen molar-refractivity contribution in [2.45, 2.75) is 12.6 Å². The summed E-state index contributed by atoms with van der Waals surface area (Å²) < 4.78 is 18.2. The lowest BCUT2D eigenvalue weighted by Gasteiger charge is -2.21. The molecule has 0 bridgehead atoms. The second-order valence-electron chi connectivity index (χ2n) is 5.65. The lowest BCUT2D eigenvalue weighted by molar-refractivity contribution is -0.384. The SMILES string of the molecule is CN(Cc1cc([N+](=O)[O-])ccc1Cl)CC(O)COc1ccc(F)cc1. The molecular weight excluding hydrogens is 351 g/mol. The van der Waals surface area contributed by atoms with E-state index in [4.69, 9.17) is 16.3 Å². The highest BCUT2D eigenvalue weighted by Crippen LogP contribution is 2.23. The quantitative estimate of drug-likeness (QED) is 0.571. The van der Waals surface area contributed by atoms with E-state index in [-0.39, 0.29) is 24.7 Å². The number of nitro benzene ring substituents is 1. The van der Waals surface area contributed by atoms with E-state index < -0.39 is 11.0 Å². The minimum absolute atomic E-state index is 0.0343. The van der Waals surface area contributed by atoms with Crippen LogP contribution in [-0.2, 0) is 6.54 Å². The predicted molar refractivity (Wildman–Crippen MR) is 92.3 cm³/mol. The Kier molecular flexibility index (Phi) is 6.69. The van der Waals surface area contributed by atoms with Crippen molar-refractivity contribution in [3.05, 3.63) is 69.0 Å². The lowest BCUT2D eigenvalue weighted by Crippen LogP contribution is -2.32. The molecule has 0 amide bonds. The van der Waals surface area contributed by atoms with E-state index in [9.17, 15) is 19.6 Å². The first-order valence-electron chi connectivity index (χ1n) is 7.53. The van der Waals surface area contributed by atoms with Gasteiger partial charge in [-0.3, -0.25) is 15.0 Å². The Morgan fingerprint density at radius 2 is 2.00 bits per heavy atom. The van der Waals surface area contributed by atoms with Gasteiger partial charge < -0.3 is 9.84 Å². The Labute approximate surface area is 149 Å². The van der Waals surface area contributed by atoms with E-state index in [1.54, 1.807) is 11.9 Å². The Morgan fingerprint density at radius 1 is 1.32 bits per heavy atom. The van der Waals surface area contributed by atoms with Crippen LogP contribution in [0.3, 0.4) is 0 Å². The number of aliphatic hydroxyl groups is 1. The Bertz CT molecular complexity index is 727. The minimum atomic E-state index is -0.785. The average Bonchev–Trinajstić information content (AvgIpc) is 2.56. The first-order valence-corrected chi connectivity index (χ1v) is 7.90. The van der Waals surface area contributed by atoms with Gasteiger partial charge in [-0.1, -0.05) is 11.6 Å². The van der Waals surface area contributed by atoms with Gasteiger partial charge in [0.15, 0.2) is 0 Å². The van der Waals surface area contributed by atoms with Crippen LogP contribution in [0, 0.1) is 15.9 Å². The summed E-state index contributed by atoms with van der Waals surface area (Å²) in [5.74, 6) is 0.103. The molecule has 25 heavy (non-hydrogen) atoms. The van der Waals surface area contributed by atoms with Gasteiger partial charge in [0.25, 0.3) is 5.69 Å². The van der Waals surface area contributed by atoms with Crippen molar-refractivity contribution in [2.24, 2.45) is 0 Å². The fraction of sp³-hybridized carbons (Fsp3) is 0.294. The van der Waals surface area contributed by atoms with E-state index in [0.29, 0.717) is 22.9 Å². The Balaban J connectivity index is 1.86. The molecule has 0 spiro atoms. The van der Waals surface area contributed by atoms with Gasteiger partial charge in [-0.15, -0.1) is 0 Å². The maximum atomic E-state index is 12.8. The summed E-state index contributed by atoms with van der Waals surface area (Å²) in [6.45, 7) is 0.660. The van der Waals surface area contributed by atoms with Crippen molar-refractivity contribution in [2.75, 3.05) is 20.2 Å². The van der Waals surface area contributed by atoms with Gasteiger partial charge >= 0.3 is 0 Å². The van der Waals surface area contributed by atoms with Gasteiger partial charge in [0.2, 0.25) is 0 Å². The first kappa shape index (κ1) is 19.1. The monoisotopic (exact) mass is 368 g/mol. The molecule has 134 valence electrons. The Hall–Kier alpha value is -2.22. The molecule has 2 aromatic carbocycles. The molecule has 1 unspecified atom stereocenters. The fourth-order valence-corrected chi connectivity index (χ4v) is 2.46. The van der Waals surface area contributed by atoms with Crippen molar-refractivity contribution in [3.8, 4) is 5.75 Å². The van der Waals surface area contributed by atoms with Gasteiger partial charge in [0.1, 0.15) is 24.3 Å². The third-order valence-corrected chi connectivity index (χ3v) is 3.83. The first-order chi connectivity index (χ1) is 11.8. The van der Waals surface area contributed by atoms with Crippen LogP contribution in [0.25, 0.3) is 0 Å². The lowest BCUT2D eigenvalue weighted by atomic mass is 10.2. The summed E-state index contributed by atoms with van der Waals surface area (Å²) in [7, 11) is 1.76. The number of benzene rings is 2. The summed E-state index contributed by atoms with van der Waals surface area (Å²) >= 11 is 6.07. The number of nitrogens with zero attached hydrogens (tertiary/aromatic N) is 2. The number of nitro groups is 1. The summed E-state index contributed by atoms with van der Waals surface area (Å²) in [4.78, 5) is 12.1. The van der Waals surface area contributed by atoms with Crippen molar-refractivity contribution < 1.29 is 19.2 Å². The molecule has 2 rings (SSSR count). The van der Waals surface area contributed by atoms with Crippen LogP contribution in [0.15, 0.2) is 42.5 Å². The third-order valence-electron chi connectivity index (χ3n) is 3.46. The number of aliphatic hydroxyl groups excluding tert-OH is 1. The highest BCUT2D eigenvalue weighted by Gasteiger charge is 2.14. The minimum Gasteiger partial charge on any atom is -0.491 e. The van der Waals surface area contributed by atoms with Gasteiger partial charge in [-0.05, 0) is 42.9 Å². The number of hydrogen-bond donors (Lipinski definition) is 1. The molecule has 1 N–H and O–H groups in total. The average molecular weight is 369 g/mol. The molecule has 0 aliphatic carbocycles. The summed E-state index contributed by atoms with van der Waals surface area (Å²) in [5.41, 5.74) is 0.568. The molecule has 0 aliphatic heterocycles. The summed E-state index contributed by atoms with van der Waals surface area (Å²) in [6, 6.07) is 9.76. The molecule has 2 aromatic rings. The van der Waals surface area contributed by atoms with E-state index in [1.807, 2.05) is 0 Å². The topological polar surface area (TPSA) is 75.8 Å². The number of non-ortho nitro benzene ring substituents is 1. The number of likely N-dealkylation sites (N-methyl/N-ethyl adjacent to an activating group) is 1. The van der Waals surface area contributed by atoms with Gasteiger partial charge in [-0.2, -0.15) is 0 Å². The van der Waals surface area contributed by atoms with Crippen molar-refractivity contribution in [3.63, 3.8) is 0 Å². The van der Waals surface area contributed by atoms with Crippen molar-refractivity contribution >= 4 is 17.3 Å². The summed E-state index contributed by atoms with van der Waals surface area (Å²) in [6.07, 6.45) is -0.785. The van der Waals surface area contributed by atoms with Gasteiger partial charge in [0.05, 0.1) is 4.92 Å². The standard InChI is InChI=1S/C17H18ClFN2O4/c1-20(9-12-8-14(21(23)24)4-7-17(12)18)10-15(22)11-25-16-5-2-13(19)3-6-16/h2-8,15,22H,9-11H2,1H3. The second-order valence-corrected chi connectivity index (χ2v) is 6.06. The van der Waals surface area contributed by atoms with Crippen molar-refractivity contribution in [1.29, 1.82) is 0 Å². The molecule has 0 aromatic heterocycles. The zero-order chi connectivity index (χ0) is 18.4. The molecule has 0 radical (unpaired) electrons. The van der Waals surface area contributed by atoms with Crippen LogP contribution in [-0.4, -0.2) is 41.2 Å². The molecule has 6 nitrogen and oxygen atoms in total. The van der Waals surface area contributed by atoms with Gasteiger partial charge in [-0.25, -0.2) is 4.39 Å². The van der Waals surface area contributed by atoms with E-state index in [0.717, 1.165) is 0 Å². The molecule has 0 saturated heterocycles. The van der Waals surface area contributed by atoms with Crippen molar-refractivity contribution in [1.82, 2.24) is 4.90 Å². The number of rotatable bonds is 8. The van der Waals surface area contributed by atoms with E-state index in [1.165, 1.54) is 42.5 Å². The van der Waals surface area contributed by atoms with Crippen LogP contribution >= 0.6 is 11.6 Å². The van der Waals surface area contributed by atoms with Crippen LogP contribution in [0.5, 0.6) is 5.75 Å². The van der Waals surface area contributed by atoms with Crippen LogP contribution in [0.1, 0.15) is 5.56 Å². The number of ether oxygens (including phenoxy) is 1. The number of halogens is 2. The third kappa shape index (κ3) is 5.97. The normalized spacial score (nSPS) is 12.2. The van der Waals surface area contributed by atoms with Crippen LogP contribution in [0.2, 0.25) is 5.02 Å². The maximum Gasteiger partial charge on any atom is 0.269 e. The molecule has 1 atom stereocenters. The van der Waals surface area contributed by atoms with Crippen LogP contribution in [0.4, 0.5) is 10.1 Å². The maximum absolute atomic E-state index is 12.8. The Morgan fingerprint density at radius 3 is 2.64 bits per heavy atom. The largest absolute Gasteiger partial charge is 0.491 e. The molecule has 0 saturated carbocycles. The second kappa shape index (κ2) is 8.75. The molecular formula is C17H18ClFN2O4. The zero-order valence-electron chi connectivity index (χ0n) is 13.6. The van der Waals surface area contributed by atoms with Gasteiger partial charge in [0, 0.05) is 30.2 Å². The summed E-state index contributed by atoms with van der Waals surface area (Å²) in [5, 5.41) is 21.3. The highest BCUT2D eigenvalue weighted by molar-refractivity contribution is 6.31. The number of hydrogen-bond acceptors (Lipinski definition) is 5.